The summed E-state index contributed by atoms with van der Waals surface area (Å²) in [5.41, 5.74) is 11.4. The molecule has 78 valence electrons. The summed E-state index contributed by atoms with van der Waals surface area (Å²) in [6.45, 7) is 1.63. The fourth-order valence-corrected chi connectivity index (χ4v) is 0.611. The molecule has 0 heterocycles. The number of hydrogen-bond donors (Lipinski definition) is 4. The van der Waals surface area contributed by atoms with Crippen LogP contribution in [-0.4, -0.2) is 17.6 Å². The number of hydrazine groups is 1. The van der Waals surface area contributed by atoms with Gasteiger partial charge in [0.15, 0.2) is 6.29 Å². The summed E-state index contributed by atoms with van der Waals surface area (Å²) in [4.78, 5) is 10.3. The summed E-state index contributed by atoms with van der Waals surface area (Å²) >= 11 is 0. The Morgan fingerprint density at radius 2 is 2.00 bits per heavy atom. The third-order valence-electron chi connectivity index (χ3n) is 1.44. The van der Waals surface area contributed by atoms with E-state index in [-0.39, 0.29) is 11.5 Å². The minimum atomic E-state index is 0.0889. The molecular weight excluding hydrogens is 184 g/mol. The highest BCUT2D eigenvalue weighted by molar-refractivity contribution is 5.74. The molecule has 0 aromatic heterocycles. The number of aldehydes is 1. The van der Waals surface area contributed by atoms with Crippen LogP contribution in [0, 0.1) is 0 Å². The minimum absolute atomic E-state index is 0.0889. The largest absolute Gasteiger partial charge is 0.396 e. The first-order chi connectivity index (χ1) is 6.52. The van der Waals surface area contributed by atoms with E-state index in [2.05, 4.69) is 5.10 Å². The van der Waals surface area contributed by atoms with E-state index < -0.39 is 0 Å². The van der Waals surface area contributed by atoms with Crippen molar-refractivity contribution in [1.29, 1.82) is 0 Å². The number of nitrogens with zero attached hydrogens (tertiary/aromatic N) is 2. The number of hydrogen-bond acceptors (Lipinski definition) is 6. The van der Waals surface area contributed by atoms with Crippen molar-refractivity contribution in [2.45, 2.75) is 6.92 Å². The molecule has 7 nitrogen and oxygen atoms in total. The Kier molecular flexibility index (Phi) is 4.79. The van der Waals surface area contributed by atoms with E-state index in [9.17, 15) is 4.79 Å². The Labute approximate surface area is 81.7 Å². The summed E-state index contributed by atoms with van der Waals surface area (Å²) in [5.74, 6) is 10.4. The number of nitrogens with two attached hydrogens (primary N) is 4. The molecule has 14 heavy (non-hydrogen) atoms. The lowest BCUT2D eigenvalue weighted by Gasteiger charge is -2.11. The van der Waals surface area contributed by atoms with Gasteiger partial charge in [-0.15, -0.1) is 0 Å². The number of hydrazone groups is 1. The predicted molar refractivity (Wildman–Crippen MR) is 53.9 cm³/mol. The lowest BCUT2D eigenvalue weighted by Crippen LogP contribution is -2.33. The van der Waals surface area contributed by atoms with Crippen LogP contribution in [0.5, 0.6) is 0 Å². The van der Waals surface area contributed by atoms with Gasteiger partial charge in [-0.1, -0.05) is 0 Å². The van der Waals surface area contributed by atoms with E-state index in [0.29, 0.717) is 11.9 Å². The van der Waals surface area contributed by atoms with E-state index >= 15 is 0 Å². The van der Waals surface area contributed by atoms with Crippen molar-refractivity contribution in [3.63, 3.8) is 0 Å². The molecular formula is C7H14N6O. The molecule has 0 aliphatic heterocycles. The summed E-state index contributed by atoms with van der Waals surface area (Å²) in [6.07, 6.45) is 3.08. The fourth-order valence-electron chi connectivity index (χ4n) is 0.611. The average Bonchev–Trinajstić information content (AvgIpc) is 2.16. The average molecular weight is 198 g/mol. The predicted octanol–water partition coefficient (Wildman–Crippen LogP) is -1.70. The molecule has 0 amide bonds. The van der Waals surface area contributed by atoms with Crippen LogP contribution in [0.4, 0.5) is 0 Å². The second-order valence-electron chi connectivity index (χ2n) is 2.50. The molecule has 0 unspecified atom stereocenters. The fraction of sp³-hybridized carbons (Fsp3) is 0.143. The van der Waals surface area contributed by atoms with E-state index in [1.165, 1.54) is 6.08 Å². The molecule has 0 aliphatic carbocycles. The second kappa shape index (κ2) is 5.60. The van der Waals surface area contributed by atoms with Crippen LogP contribution in [0.15, 0.2) is 28.3 Å². The van der Waals surface area contributed by atoms with Gasteiger partial charge in [-0.2, -0.15) is 5.10 Å². The van der Waals surface area contributed by atoms with Gasteiger partial charge in [-0.3, -0.25) is 9.80 Å². The number of allylic oxidation sites excluding steroid dienone is 3. The minimum Gasteiger partial charge on any atom is -0.396 e. The van der Waals surface area contributed by atoms with Gasteiger partial charge in [-0.25, -0.2) is 5.84 Å². The van der Waals surface area contributed by atoms with Gasteiger partial charge in [0.2, 0.25) is 0 Å². The van der Waals surface area contributed by atoms with Crippen LogP contribution in [0.1, 0.15) is 6.92 Å². The van der Waals surface area contributed by atoms with Crippen LogP contribution in [0.2, 0.25) is 0 Å². The van der Waals surface area contributed by atoms with Gasteiger partial charge in [0, 0.05) is 0 Å². The molecule has 0 aliphatic rings. The van der Waals surface area contributed by atoms with Crippen LogP contribution in [-0.2, 0) is 4.79 Å². The van der Waals surface area contributed by atoms with Crippen molar-refractivity contribution in [2.24, 2.45) is 28.3 Å². The maximum Gasteiger partial charge on any atom is 0.165 e. The van der Waals surface area contributed by atoms with Crippen LogP contribution in [0.3, 0.4) is 0 Å². The lowest BCUT2D eigenvalue weighted by atomic mass is 10.2. The van der Waals surface area contributed by atoms with Gasteiger partial charge in [0.05, 0.1) is 5.70 Å². The molecule has 7 heteroatoms. The maximum atomic E-state index is 10.3. The third kappa shape index (κ3) is 3.59. The highest BCUT2D eigenvalue weighted by Crippen LogP contribution is 2.00. The molecule has 0 saturated carbocycles. The standard InChI is InChI=1S/C7H14N6O/c1-5(6(8)3-14)2-7(9)13(11)4-12-10/h2-4H,8-11H2,1H3/b6-5-,7-2+,12-4-. The van der Waals surface area contributed by atoms with Crippen LogP contribution in [0.25, 0.3) is 0 Å². The van der Waals surface area contributed by atoms with E-state index in [1.807, 2.05) is 0 Å². The molecule has 8 N–H and O–H groups in total. The molecule has 0 radical (unpaired) electrons. The van der Waals surface area contributed by atoms with Crippen LogP contribution < -0.4 is 23.2 Å². The van der Waals surface area contributed by atoms with E-state index in [4.69, 9.17) is 23.2 Å². The molecule has 0 bridgehead atoms. The van der Waals surface area contributed by atoms with Crippen molar-refractivity contribution in [2.75, 3.05) is 0 Å². The van der Waals surface area contributed by atoms with Crippen molar-refractivity contribution >= 4 is 12.6 Å². The Balaban J connectivity index is 4.75. The zero-order valence-corrected chi connectivity index (χ0v) is 7.84. The Bertz CT molecular complexity index is 293. The van der Waals surface area contributed by atoms with Gasteiger partial charge < -0.3 is 17.3 Å². The summed E-state index contributed by atoms with van der Waals surface area (Å²) in [5, 5.41) is 4.17. The monoisotopic (exact) mass is 198 g/mol. The Hall–Kier alpha value is -2.02. The molecule has 0 rings (SSSR count). The van der Waals surface area contributed by atoms with Crippen molar-refractivity contribution in [3.8, 4) is 0 Å². The summed E-state index contributed by atoms with van der Waals surface area (Å²) in [7, 11) is 0. The first kappa shape index (κ1) is 12.0. The van der Waals surface area contributed by atoms with Gasteiger partial charge in [-0.05, 0) is 18.6 Å². The van der Waals surface area contributed by atoms with Crippen molar-refractivity contribution < 1.29 is 4.79 Å². The third-order valence-corrected chi connectivity index (χ3v) is 1.44. The molecule has 0 fully saturated rings. The SMILES string of the molecule is CC(/C=C(\N)N(N)/C=N\N)=C(/N)C=O. The first-order valence-corrected chi connectivity index (χ1v) is 3.69. The molecule has 0 aromatic rings. The topological polar surface area (TPSA) is 137 Å². The number of rotatable bonds is 4. The lowest BCUT2D eigenvalue weighted by molar-refractivity contribution is -0.105. The molecule has 0 spiro atoms. The number of carbonyl (C=O) groups is 1. The van der Waals surface area contributed by atoms with Gasteiger partial charge in [0.1, 0.15) is 12.2 Å². The molecule has 0 aromatic carbocycles. The zero-order valence-electron chi connectivity index (χ0n) is 7.84. The van der Waals surface area contributed by atoms with Gasteiger partial charge >= 0.3 is 0 Å². The molecule has 0 saturated heterocycles. The second-order valence-corrected chi connectivity index (χ2v) is 2.50. The quantitative estimate of drug-likeness (QED) is 0.0807. The smallest absolute Gasteiger partial charge is 0.165 e. The first-order valence-electron chi connectivity index (χ1n) is 3.69. The highest BCUT2D eigenvalue weighted by atomic mass is 16.1. The van der Waals surface area contributed by atoms with E-state index in [0.717, 1.165) is 11.3 Å². The Morgan fingerprint density at radius 1 is 1.43 bits per heavy atom. The summed E-state index contributed by atoms with van der Waals surface area (Å²) < 4.78 is 0. The van der Waals surface area contributed by atoms with Crippen molar-refractivity contribution in [3.05, 3.63) is 23.2 Å². The van der Waals surface area contributed by atoms with Crippen LogP contribution >= 0.6 is 0 Å². The van der Waals surface area contributed by atoms with Gasteiger partial charge in [0.25, 0.3) is 0 Å². The normalized spacial score (nSPS) is 14.0. The zero-order chi connectivity index (χ0) is 11.1. The number of carbonyl (C=O) groups excluding carboxylic acids is 1. The highest BCUT2D eigenvalue weighted by Gasteiger charge is 1.99. The van der Waals surface area contributed by atoms with Crippen molar-refractivity contribution in [1.82, 2.24) is 5.01 Å². The molecule has 0 atom stereocenters. The summed E-state index contributed by atoms with van der Waals surface area (Å²) in [6, 6.07) is 0. The maximum absolute atomic E-state index is 10.3. The Morgan fingerprint density at radius 3 is 2.43 bits per heavy atom. The van der Waals surface area contributed by atoms with E-state index in [1.54, 1.807) is 6.92 Å².